The van der Waals surface area contributed by atoms with E-state index < -0.39 is 27.6 Å². The Balaban J connectivity index is 1.52. The van der Waals surface area contributed by atoms with Gasteiger partial charge >= 0.3 is 5.82 Å². The molecule has 1 aliphatic rings. The minimum absolute atomic E-state index is 0.00706. The summed E-state index contributed by atoms with van der Waals surface area (Å²) in [5.41, 5.74) is 0.956. The molecule has 43 heavy (non-hydrogen) atoms. The second-order valence-electron chi connectivity index (χ2n) is 9.32. The van der Waals surface area contributed by atoms with Gasteiger partial charge in [-0.1, -0.05) is 23.2 Å². The fourth-order valence-electron chi connectivity index (χ4n) is 4.48. The maximum absolute atomic E-state index is 15.6. The number of aromatic nitrogens is 4. The number of rotatable bonds is 9. The lowest BCUT2D eigenvalue weighted by molar-refractivity contribution is -0.389. The molecule has 2 aromatic carbocycles. The van der Waals surface area contributed by atoms with E-state index in [0.29, 0.717) is 23.5 Å². The summed E-state index contributed by atoms with van der Waals surface area (Å²) in [6.07, 6.45) is 5.22. The van der Waals surface area contributed by atoms with E-state index >= 15 is 4.39 Å². The molecular weight excluding hydrogens is 622 g/mol. The zero-order chi connectivity index (χ0) is 30.5. The van der Waals surface area contributed by atoms with E-state index in [0.717, 1.165) is 18.9 Å². The Kier molecular flexibility index (Phi) is 9.88. The molecular formula is C28H27Cl2FN6O5S. The minimum atomic E-state index is -1.03. The van der Waals surface area contributed by atoms with Gasteiger partial charge in [0.15, 0.2) is 11.7 Å². The highest BCUT2D eigenvalue weighted by atomic mass is 35.5. The minimum Gasteiger partial charge on any atom is -0.455 e. The molecule has 4 aromatic rings. The third-order valence-corrected chi connectivity index (χ3v) is 8.59. The van der Waals surface area contributed by atoms with Gasteiger partial charge in [0.05, 0.1) is 21.2 Å². The van der Waals surface area contributed by atoms with Crippen molar-refractivity contribution in [1.29, 1.82) is 0 Å². The Labute approximate surface area is 258 Å². The van der Waals surface area contributed by atoms with Crippen molar-refractivity contribution in [2.75, 3.05) is 13.7 Å². The third kappa shape index (κ3) is 6.97. The molecule has 1 saturated heterocycles. The zero-order valence-electron chi connectivity index (χ0n) is 23.2. The molecule has 2 aromatic heterocycles. The molecule has 0 bridgehead atoms. The van der Waals surface area contributed by atoms with Crippen molar-refractivity contribution in [1.82, 2.24) is 19.6 Å². The van der Waals surface area contributed by atoms with Crippen LogP contribution in [-0.2, 0) is 16.2 Å². The van der Waals surface area contributed by atoms with Gasteiger partial charge in [0.25, 0.3) is 0 Å². The van der Waals surface area contributed by atoms with Gasteiger partial charge in [-0.25, -0.2) is 9.07 Å². The van der Waals surface area contributed by atoms with E-state index in [1.807, 2.05) is 0 Å². The molecule has 0 radical (unpaired) electrons. The topological polar surface area (TPSA) is 119 Å². The van der Waals surface area contributed by atoms with Crippen LogP contribution >= 0.6 is 33.9 Å². The highest BCUT2D eigenvalue weighted by Gasteiger charge is 2.29. The summed E-state index contributed by atoms with van der Waals surface area (Å²) < 4.78 is 40.3. The van der Waals surface area contributed by atoms with Crippen LogP contribution in [0.15, 0.2) is 64.2 Å². The molecule has 2 unspecified atom stereocenters. The molecule has 1 fully saturated rings. The summed E-state index contributed by atoms with van der Waals surface area (Å²) in [7, 11) is 0.510. The molecule has 3 heterocycles. The standard InChI is InChI=1S/C28H27Cl2FN6O5S/c1-3-43(34-26-7-6-11-32-36(26)17-40-2)25-14-21(30)24(15-22(25)31)42-23-10-9-18(29)13-19(23)20-16-35(33-28(20)37(38)39)27-8-4-5-12-41-27/h3,6-7,9-11,13-16,27H,4-5,8,12,17H2,1-2H3. The summed E-state index contributed by atoms with van der Waals surface area (Å²) in [4.78, 5) is 11.6. The first-order chi connectivity index (χ1) is 20.8. The first-order valence-corrected chi connectivity index (χ1v) is 15.2. The van der Waals surface area contributed by atoms with E-state index in [1.54, 1.807) is 41.4 Å². The number of ether oxygens (including phenoxy) is 3. The van der Waals surface area contributed by atoms with Gasteiger partial charge in [-0.05, 0) is 83.5 Å². The number of hydrogen-bond donors (Lipinski definition) is 0. The highest BCUT2D eigenvalue weighted by molar-refractivity contribution is 8.13. The smallest absolute Gasteiger partial charge is 0.398 e. The number of halogens is 3. The van der Waals surface area contributed by atoms with Crippen molar-refractivity contribution >= 4 is 45.1 Å². The van der Waals surface area contributed by atoms with Gasteiger partial charge in [-0.2, -0.15) is 14.2 Å². The Morgan fingerprint density at radius 2 is 2.07 bits per heavy atom. The summed E-state index contributed by atoms with van der Waals surface area (Å²) in [5.74, 6) is -0.810. The van der Waals surface area contributed by atoms with Gasteiger partial charge in [0.2, 0.25) is 0 Å². The predicted octanol–water partition coefficient (Wildman–Crippen LogP) is 7.16. The van der Waals surface area contributed by atoms with E-state index in [4.69, 9.17) is 37.4 Å². The number of nitrogens with zero attached hydrogens (tertiary/aromatic N) is 6. The Hall–Kier alpha value is -3.62. The van der Waals surface area contributed by atoms with E-state index in [9.17, 15) is 10.1 Å². The summed E-state index contributed by atoms with van der Waals surface area (Å²) in [6.45, 7) is 2.48. The Morgan fingerprint density at radius 1 is 1.23 bits per heavy atom. The third-order valence-electron chi connectivity index (χ3n) is 6.47. The van der Waals surface area contributed by atoms with Crippen molar-refractivity contribution in [2.45, 2.75) is 44.0 Å². The van der Waals surface area contributed by atoms with Crippen LogP contribution in [0.1, 0.15) is 32.4 Å². The van der Waals surface area contributed by atoms with Crippen LogP contribution < -0.4 is 10.2 Å². The number of methoxy groups -OCH3 is 1. The molecule has 0 saturated carbocycles. The molecule has 226 valence electrons. The molecule has 0 N–H and O–H groups in total. The lowest BCUT2D eigenvalue weighted by Crippen LogP contribution is -2.23. The molecule has 0 spiro atoms. The molecule has 2 atom stereocenters. The summed E-state index contributed by atoms with van der Waals surface area (Å²) in [6, 6.07) is 10.7. The quantitative estimate of drug-likeness (QED) is 0.107. The second kappa shape index (κ2) is 13.8. The summed E-state index contributed by atoms with van der Waals surface area (Å²) in [5, 5.41) is 22.6. The van der Waals surface area contributed by atoms with E-state index in [1.165, 1.54) is 36.2 Å². The fourth-order valence-corrected chi connectivity index (χ4v) is 6.23. The molecule has 0 amide bonds. The predicted molar refractivity (Wildman–Crippen MR) is 162 cm³/mol. The van der Waals surface area contributed by atoms with Crippen LogP contribution in [0.5, 0.6) is 11.5 Å². The van der Waals surface area contributed by atoms with Gasteiger partial charge in [-0.3, -0.25) is 0 Å². The maximum atomic E-state index is 15.6. The van der Waals surface area contributed by atoms with Gasteiger partial charge in [-0.15, -0.1) is 0 Å². The van der Waals surface area contributed by atoms with Crippen LogP contribution in [-0.4, -0.2) is 43.6 Å². The zero-order valence-corrected chi connectivity index (χ0v) is 25.5. The summed E-state index contributed by atoms with van der Waals surface area (Å²) >= 11 is 12.9. The van der Waals surface area contributed by atoms with Crippen LogP contribution in [0.4, 0.5) is 10.2 Å². The van der Waals surface area contributed by atoms with Crippen molar-refractivity contribution in [3.8, 4) is 22.6 Å². The number of benzene rings is 2. The average molecular weight is 650 g/mol. The molecule has 0 aliphatic carbocycles. The second-order valence-corrected chi connectivity index (χ2v) is 11.9. The Bertz CT molecular complexity index is 1760. The first kappa shape index (κ1) is 30.8. The van der Waals surface area contributed by atoms with Gasteiger partial charge in [0.1, 0.15) is 29.6 Å². The van der Waals surface area contributed by atoms with E-state index in [2.05, 4.69) is 14.6 Å². The van der Waals surface area contributed by atoms with Crippen molar-refractivity contribution in [3.05, 3.63) is 86.3 Å². The molecule has 15 heteroatoms. The number of nitro groups is 1. The number of hydrogen-bond acceptors (Lipinski definition) is 8. The van der Waals surface area contributed by atoms with E-state index in [-0.39, 0.29) is 45.1 Å². The largest absolute Gasteiger partial charge is 0.455 e. The monoisotopic (exact) mass is 648 g/mol. The average Bonchev–Trinajstić information content (AvgIpc) is 3.46. The molecule has 1 aliphatic heterocycles. The highest BCUT2D eigenvalue weighted by Crippen LogP contribution is 2.43. The van der Waals surface area contributed by atoms with Crippen molar-refractivity contribution in [2.24, 2.45) is 4.40 Å². The fraction of sp³-hybridized carbons (Fsp3) is 0.286. The first-order valence-electron chi connectivity index (χ1n) is 13.2. The van der Waals surface area contributed by atoms with Crippen molar-refractivity contribution in [3.63, 3.8) is 0 Å². The van der Waals surface area contributed by atoms with Crippen LogP contribution in [0.2, 0.25) is 10.0 Å². The maximum Gasteiger partial charge on any atom is 0.398 e. The van der Waals surface area contributed by atoms with Crippen LogP contribution in [0, 0.1) is 15.9 Å². The van der Waals surface area contributed by atoms with Gasteiger partial charge < -0.3 is 24.3 Å². The van der Waals surface area contributed by atoms with Crippen LogP contribution in [0.3, 0.4) is 0 Å². The van der Waals surface area contributed by atoms with Crippen molar-refractivity contribution < 1.29 is 23.5 Å². The van der Waals surface area contributed by atoms with Gasteiger partial charge in [0, 0.05) is 36.6 Å². The molecule has 5 rings (SSSR count). The molecule has 11 nitrogen and oxygen atoms in total. The SMILES string of the molecule is C/C=S(/N=c1cccnn1COC)c1cc(Cl)c(Oc2ccc(Cl)cc2-c2cn(C3CCCCO3)nc2[N+](=O)[O-])cc1F. The van der Waals surface area contributed by atoms with Crippen LogP contribution in [0.25, 0.3) is 11.1 Å². The normalized spacial score (nSPS) is 16.4. The lowest BCUT2D eigenvalue weighted by Gasteiger charge is -2.20. The Morgan fingerprint density at radius 3 is 2.79 bits per heavy atom. The lowest BCUT2D eigenvalue weighted by atomic mass is 10.1.